The number of nitrogens with two attached hydrogens (primary N) is 1. The summed E-state index contributed by atoms with van der Waals surface area (Å²) in [5.74, 6) is 0.0583. The van der Waals surface area contributed by atoms with E-state index in [2.05, 4.69) is 5.16 Å². The molecule has 0 saturated heterocycles. The number of carbonyl (C=O) groups is 1. The Bertz CT molecular complexity index is 527. The van der Waals surface area contributed by atoms with Crippen LogP contribution in [0.25, 0.3) is 0 Å². The van der Waals surface area contributed by atoms with Crippen molar-refractivity contribution in [2.24, 2.45) is 16.8 Å². The first-order valence-corrected chi connectivity index (χ1v) is 6.90. The molecule has 4 N–H and O–H groups in total. The van der Waals surface area contributed by atoms with Crippen LogP contribution in [0, 0.1) is 12.8 Å². The first-order valence-electron chi connectivity index (χ1n) is 6.90. The number of oxime groups is 1. The van der Waals surface area contributed by atoms with Gasteiger partial charge < -0.3 is 20.9 Å². The fourth-order valence-electron chi connectivity index (χ4n) is 2.01. The largest absolute Gasteiger partial charge is 0.507 e. The maximum absolute atomic E-state index is 12.5. The third kappa shape index (κ3) is 4.98. The molecule has 0 aromatic heterocycles. The Labute approximate surface area is 124 Å². The molecule has 1 aromatic rings. The van der Waals surface area contributed by atoms with Gasteiger partial charge >= 0.3 is 0 Å². The van der Waals surface area contributed by atoms with E-state index in [-0.39, 0.29) is 35.4 Å². The van der Waals surface area contributed by atoms with Gasteiger partial charge in [-0.2, -0.15) is 0 Å². The fourth-order valence-corrected chi connectivity index (χ4v) is 2.01. The minimum atomic E-state index is -0.257. The molecule has 0 bridgehead atoms. The predicted octanol–water partition coefficient (Wildman–Crippen LogP) is 1.94. The molecule has 1 amide bonds. The molecule has 6 nitrogen and oxygen atoms in total. The number of aromatic hydroxyl groups is 1. The quantitative estimate of drug-likeness (QED) is 0.323. The Hall–Kier alpha value is -2.24. The van der Waals surface area contributed by atoms with Crippen LogP contribution in [0.15, 0.2) is 23.4 Å². The lowest BCUT2D eigenvalue weighted by molar-refractivity contribution is 0.0737. The summed E-state index contributed by atoms with van der Waals surface area (Å²) in [5.41, 5.74) is 6.60. The number of hydrogen-bond acceptors (Lipinski definition) is 4. The zero-order chi connectivity index (χ0) is 16.0. The lowest BCUT2D eigenvalue weighted by Crippen LogP contribution is -2.36. The Balaban J connectivity index is 2.93. The minimum Gasteiger partial charge on any atom is -0.507 e. The normalized spacial score (nSPS) is 11.7. The second-order valence-corrected chi connectivity index (χ2v) is 5.51. The number of nitrogens with zero attached hydrogens (tertiary/aromatic N) is 2. The van der Waals surface area contributed by atoms with Crippen LogP contribution < -0.4 is 5.73 Å². The van der Waals surface area contributed by atoms with Crippen LogP contribution in [0.4, 0.5) is 0 Å². The van der Waals surface area contributed by atoms with Crippen LogP contribution >= 0.6 is 0 Å². The van der Waals surface area contributed by atoms with Crippen molar-refractivity contribution >= 4 is 11.7 Å². The molecule has 1 rings (SSSR count). The standard InChI is InChI=1S/C15H23N3O3/c1-10(2)9-18(7-6-14(16)17-21)15(20)12-5-4-11(3)8-13(12)19/h4-5,8,10,19,21H,6-7,9H2,1-3H3,(H2,16,17). The molecule has 0 aliphatic heterocycles. The molecule has 21 heavy (non-hydrogen) atoms. The highest BCUT2D eigenvalue weighted by Crippen LogP contribution is 2.21. The van der Waals surface area contributed by atoms with E-state index in [4.69, 9.17) is 10.9 Å². The Kier molecular flexibility index (Phi) is 6.02. The first-order chi connectivity index (χ1) is 9.85. The van der Waals surface area contributed by atoms with Crippen LogP contribution in [0.5, 0.6) is 5.75 Å². The molecular formula is C15H23N3O3. The van der Waals surface area contributed by atoms with Crippen molar-refractivity contribution in [2.45, 2.75) is 27.2 Å². The van der Waals surface area contributed by atoms with E-state index in [1.165, 1.54) is 0 Å². The third-order valence-corrected chi connectivity index (χ3v) is 3.02. The zero-order valence-electron chi connectivity index (χ0n) is 12.7. The average molecular weight is 293 g/mol. The van der Waals surface area contributed by atoms with E-state index >= 15 is 0 Å². The Morgan fingerprint density at radius 3 is 2.62 bits per heavy atom. The van der Waals surface area contributed by atoms with Gasteiger partial charge in [0.1, 0.15) is 11.6 Å². The highest BCUT2D eigenvalue weighted by atomic mass is 16.4. The molecule has 0 atom stereocenters. The summed E-state index contributed by atoms with van der Waals surface area (Å²) in [5, 5.41) is 21.4. The SMILES string of the molecule is Cc1ccc(C(=O)N(CCC(N)=NO)CC(C)C)c(O)c1. The van der Waals surface area contributed by atoms with Crippen molar-refractivity contribution in [1.29, 1.82) is 0 Å². The maximum Gasteiger partial charge on any atom is 0.257 e. The fraction of sp³-hybridized carbons (Fsp3) is 0.467. The number of phenols is 1. The van der Waals surface area contributed by atoms with Gasteiger partial charge in [0.15, 0.2) is 0 Å². The number of benzene rings is 1. The van der Waals surface area contributed by atoms with Gasteiger partial charge in [-0.05, 0) is 30.5 Å². The topological polar surface area (TPSA) is 99.2 Å². The van der Waals surface area contributed by atoms with Crippen LogP contribution in [0.3, 0.4) is 0 Å². The molecule has 1 aromatic carbocycles. The van der Waals surface area contributed by atoms with Gasteiger partial charge in [-0.25, -0.2) is 0 Å². The van der Waals surface area contributed by atoms with Crippen molar-refractivity contribution in [3.63, 3.8) is 0 Å². The van der Waals surface area contributed by atoms with E-state index in [0.29, 0.717) is 13.1 Å². The Morgan fingerprint density at radius 1 is 1.43 bits per heavy atom. The monoisotopic (exact) mass is 293 g/mol. The van der Waals surface area contributed by atoms with Gasteiger partial charge in [0.2, 0.25) is 0 Å². The van der Waals surface area contributed by atoms with Crippen molar-refractivity contribution < 1.29 is 15.1 Å². The summed E-state index contributed by atoms with van der Waals surface area (Å²) in [6.45, 7) is 6.71. The number of amidine groups is 1. The number of carbonyl (C=O) groups excluding carboxylic acids is 1. The van der Waals surface area contributed by atoms with Crippen molar-refractivity contribution in [2.75, 3.05) is 13.1 Å². The molecule has 0 heterocycles. The van der Waals surface area contributed by atoms with Gasteiger partial charge in [-0.15, -0.1) is 0 Å². The summed E-state index contributed by atoms with van der Waals surface area (Å²) in [6, 6.07) is 4.96. The van der Waals surface area contributed by atoms with Gasteiger partial charge in [0.25, 0.3) is 5.91 Å². The molecule has 0 saturated carbocycles. The highest BCUT2D eigenvalue weighted by Gasteiger charge is 2.20. The summed E-state index contributed by atoms with van der Waals surface area (Å²) in [7, 11) is 0. The molecule has 0 aliphatic carbocycles. The summed E-state index contributed by atoms with van der Waals surface area (Å²) in [6.07, 6.45) is 0.279. The third-order valence-electron chi connectivity index (χ3n) is 3.02. The molecule has 116 valence electrons. The van der Waals surface area contributed by atoms with E-state index in [0.717, 1.165) is 5.56 Å². The average Bonchev–Trinajstić information content (AvgIpc) is 2.42. The smallest absolute Gasteiger partial charge is 0.257 e. The van der Waals surface area contributed by atoms with Crippen LogP contribution in [-0.2, 0) is 0 Å². The second kappa shape index (κ2) is 7.52. The van der Waals surface area contributed by atoms with Crippen molar-refractivity contribution in [3.05, 3.63) is 29.3 Å². The Morgan fingerprint density at radius 2 is 2.10 bits per heavy atom. The molecule has 0 aliphatic rings. The predicted molar refractivity (Wildman–Crippen MR) is 81.6 cm³/mol. The van der Waals surface area contributed by atoms with Gasteiger partial charge in [-0.1, -0.05) is 25.1 Å². The lowest BCUT2D eigenvalue weighted by Gasteiger charge is -2.25. The highest BCUT2D eigenvalue weighted by molar-refractivity contribution is 5.97. The van der Waals surface area contributed by atoms with Gasteiger partial charge in [0, 0.05) is 19.5 Å². The number of hydrogen-bond donors (Lipinski definition) is 3. The van der Waals surface area contributed by atoms with E-state index in [9.17, 15) is 9.90 Å². The summed E-state index contributed by atoms with van der Waals surface area (Å²) in [4.78, 5) is 14.1. The first kappa shape index (κ1) is 16.8. The maximum atomic E-state index is 12.5. The molecule has 0 spiro atoms. The summed E-state index contributed by atoms with van der Waals surface area (Å²) < 4.78 is 0. The minimum absolute atomic E-state index is 0.0300. The van der Waals surface area contributed by atoms with E-state index < -0.39 is 0 Å². The molecular weight excluding hydrogens is 270 g/mol. The zero-order valence-corrected chi connectivity index (χ0v) is 12.7. The van der Waals surface area contributed by atoms with Crippen molar-refractivity contribution in [1.82, 2.24) is 4.90 Å². The molecule has 0 radical (unpaired) electrons. The number of amides is 1. The number of rotatable bonds is 6. The van der Waals surface area contributed by atoms with Crippen molar-refractivity contribution in [3.8, 4) is 5.75 Å². The second-order valence-electron chi connectivity index (χ2n) is 5.51. The molecule has 6 heteroatoms. The van der Waals surface area contributed by atoms with Gasteiger partial charge in [0.05, 0.1) is 5.56 Å². The van der Waals surface area contributed by atoms with Crippen LogP contribution in [-0.4, -0.2) is 40.0 Å². The van der Waals surface area contributed by atoms with E-state index in [1.807, 2.05) is 20.8 Å². The van der Waals surface area contributed by atoms with Crippen LogP contribution in [0.2, 0.25) is 0 Å². The number of aryl methyl sites for hydroxylation is 1. The summed E-state index contributed by atoms with van der Waals surface area (Å²) >= 11 is 0. The van der Waals surface area contributed by atoms with E-state index in [1.54, 1.807) is 23.1 Å². The van der Waals surface area contributed by atoms with Gasteiger partial charge in [-0.3, -0.25) is 4.79 Å². The van der Waals surface area contributed by atoms with Crippen LogP contribution in [0.1, 0.15) is 36.2 Å². The lowest BCUT2D eigenvalue weighted by atomic mass is 10.1. The number of phenolic OH excluding ortho intramolecular Hbond substituents is 1. The molecule has 0 unspecified atom stereocenters. The molecule has 0 fully saturated rings.